The van der Waals surface area contributed by atoms with E-state index < -0.39 is 30.4 Å². The van der Waals surface area contributed by atoms with E-state index >= 15 is 0 Å². The third-order valence-corrected chi connectivity index (χ3v) is 12.8. The van der Waals surface area contributed by atoms with Crippen molar-refractivity contribution in [3.63, 3.8) is 0 Å². The highest BCUT2D eigenvalue weighted by atomic mass is 16.5. The molecule has 1 saturated carbocycles. The SMILES string of the molecule is COC(=O)NC(C(=O)N1CCC[C@H]1C1=NC=C(c2ccc(-c3ccc4c(ccc5[nH]c([C@@H]6[C@H]7CC[C@H](C7)N6C(=O)[C@@H](NC(=O)OC)C(C)C)nc54)c3)cc2)C1)[C@@H](C)OC. The van der Waals surface area contributed by atoms with Crippen LogP contribution in [0.2, 0.25) is 0 Å². The minimum Gasteiger partial charge on any atom is -0.453 e. The number of nitrogens with one attached hydrogen (secondary N) is 3. The third kappa shape index (κ3) is 7.54. The van der Waals surface area contributed by atoms with Crippen LogP contribution in [0.4, 0.5) is 9.59 Å². The number of methoxy groups -OCH3 is 3. The van der Waals surface area contributed by atoms with E-state index in [0.29, 0.717) is 18.9 Å². The first kappa shape index (κ1) is 40.0. The molecule has 310 valence electrons. The number of allylic oxidation sites excluding steroid dienone is 1. The Morgan fingerprint density at radius 1 is 0.831 bits per heavy atom. The van der Waals surface area contributed by atoms with Crippen LogP contribution in [0.25, 0.3) is 38.5 Å². The van der Waals surface area contributed by atoms with Gasteiger partial charge in [-0.2, -0.15) is 0 Å². The van der Waals surface area contributed by atoms with E-state index in [4.69, 9.17) is 24.2 Å². The maximum absolute atomic E-state index is 14.1. The van der Waals surface area contributed by atoms with E-state index in [2.05, 4.69) is 70.2 Å². The van der Waals surface area contributed by atoms with Crippen LogP contribution >= 0.6 is 0 Å². The Morgan fingerprint density at radius 3 is 2.25 bits per heavy atom. The standard InChI is InChI=1S/C45H53N7O7/c1-24(2)37(49-44(55)58-5)43(54)52-32-16-13-30(21-32)40(52)41-47-34-18-15-29-20-28(14-17-33(29)39(34)48-41)26-9-11-27(12-10-26)31-22-35(46-23-31)36-8-7-19-51(36)42(53)38(25(3)57-4)50-45(56)59-6/h9-12,14-15,17-18,20,23-25,30,32,36-38,40H,7-8,13,16,19,21-22H2,1-6H3,(H,47,48)(H,49,55)(H,50,56)/t25-,30+,32-,36+,37+,38?,40+/m1/s1. The van der Waals surface area contributed by atoms with Gasteiger partial charge in [0.05, 0.1) is 43.4 Å². The number of amides is 4. The molecule has 1 unspecified atom stereocenters. The van der Waals surface area contributed by atoms with Crippen LogP contribution in [-0.2, 0) is 23.8 Å². The predicted molar refractivity (Wildman–Crippen MR) is 224 cm³/mol. The lowest BCUT2D eigenvalue weighted by molar-refractivity contribution is -0.139. The molecule has 3 N–H and O–H groups in total. The number of fused-ring (bicyclic) bond motifs is 5. The number of H-pyrrole nitrogens is 1. The van der Waals surface area contributed by atoms with E-state index in [1.807, 2.05) is 29.8 Å². The fourth-order valence-corrected chi connectivity index (χ4v) is 9.62. The number of aromatic amines is 1. The molecule has 8 rings (SSSR count). The Hall–Kier alpha value is -5.76. The van der Waals surface area contributed by atoms with Crippen molar-refractivity contribution in [2.24, 2.45) is 16.8 Å². The zero-order chi connectivity index (χ0) is 41.5. The summed E-state index contributed by atoms with van der Waals surface area (Å²) in [5.74, 6) is 0.682. The second-order valence-electron chi connectivity index (χ2n) is 16.6. The average Bonchev–Trinajstić information content (AvgIpc) is 4.11. The van der Waals surface area contributed by atoms with Gasteiger partial charge in [0.15, 0.2) is 0 Å². The molecule has 0 radical (unpaired) electrons. The van der Waals surface area contributed by atoms with Crippen molar-refractivity contribution in [1.82, 2.24) is 30.4 Å². The number of likely N-dealkylation sites (tertiary alicyclic amines) is 2. The van der Waals surface area contributed by atoms with Crippen LogP contribution in [0.3, 0.4) is 0 Å². The van der Waals surface area contributed by atoms with Gasteiger partial charge in [0, 0.05) is 43.4 Å². The number of nitrogens with zero attached hydrogens (tertiary/aromatic N) is 4. The molecule has 3 fully saturated rings. The summed E-state index contributed by atoms with van der Waals surface area (Å²) in [5.41, 5.74) is 7.06. The molecule has 1 aliphatic carbocycles. The second-order valence-corrected chi connectivity index (χ2v) is 16.6. The molecule has 3 aromatic carbocycles. The largest absolute Gasteiger partial charge is 0.453 e. The fraction of sp³-hybridized carbons (Fsp3) is 0.467. The lowest BCUT2D eigenvalue weighted by Crippen LogP contribution is -2.56. The van der Waals surface area contributed by atoms with Crippen molar-refractivity contribution in [3.05, 3.63) is 72.2 Å². The van der Waals surface area contributed by atoms with Gasteiger partial charge in [-0.25, -0.2) is 14.6 Å². The first-order valence-corrected chi connectivity index (χ1v) is 20.6. The van der Waals surface area contributed by atoms with Crippen LogP contribution in [0, 0.1) is 11.8 Å². The molecule has 2 saturated heterocycles. The highest BCUT2D eigenvalue weighted by molar-refractivity contribution is 6.06. The molecule has 4 heterocycles. The smallest absolute Gasteiger partial charge is 0.407 e. The second kappa shape index (κ2) is 16.5. The Balaban J connectivity index is 0.969. The van der Waals surface area contributed by atoms with Crippen LogP contribution in [0.15, 0.2) is 65.8 Å². The summed E-state index contributed by atoms with van der Waals surface area (Å²) in [6.45, 7) is 6.20. The number of piperidine rings is 1. The first-order valence-electron chi connectivity index (χ1n) is 20.6. The van der Waals surface area contributed by atoms with E-state index in [1.54, 1.807) is 6.92 Å². The monoisotopic (exact) mass is 803 g/mol. The number of benzene rings is 3. The minimum absolute atomic E-state index is 0.0920. The van der Waals surface area contributed by atoms with Crippen molar-refractivity contribution in [1.29, 1.82) is 0 Å². The van der Waals surface area contributed by atoms with E-state index in [9.17, 15) is 19.2 Å². The Kier molecular flexibility index (Phi) is 11.2. The van der Waals surface area contributed by atoms with Crippen molar-refractivity contribution in [3.8, 4) is 11.1 Å². The number of hydrogen-bond donors (Lipinski definition) is 3. The van der Waals surface area contributed by atoms with E-state index in [1.165, 1.54) is 21.3 Å². The highest BCUT2D eigenvalue weighted by Crippen LogP contribution is 2.50. The zero-order valence-corrected chi connectivity index (χ0v) is 34.5. The van der Waals surface area contributed by atoms with E-state index in [-0.39, 0.29) is 35.9 Å². The number of carbonyl (C=O) groups excluding carboxylic acids is 4. The van der Waals surface area contributed by atoms with Crippen LogP contribution < -0.4 is 10.6 Å². The molecule has 7 atom stereocenters. The fourth-order valence-electron chi connectivity index (χ4n) is 9.62. The van der Waals surface area contributed by atoms with Crippen molar-refractivity contribution < 1.29 is 33.4 Å². The molecule has 2 bridgehead atoms. The Bertz CT molecular complexity index is 2340. The molecule has 4 aromatic rings. The van der Waals surface area contributed by atoms with Crippen molar-refractivity contribution >= 4 is 57.1 Å². The van der Waals surface area contributed by atoms with Gasteiger partial charge in [0.25, 0.3) is 0 Å². The number of aromatic nitrogens is 2. The van der Waals surface area contributed by atoms with Gasteiger partial charge >= 0.3 is 12.2 Å². The lowest BCUT2D eigenvalue weighted by atomic mass is 9.95. The third-order valence-electron chi connectivity index (χ3n) is 12.8. The predicted octanol–water partition coefficient (Wildman–Crippen LogP) is 6.75. The molecule has 1 aromatic heterocycles. The highest BCUT2D eigenvalue weighted by Gasteiger charge is 2.51. The maximum Gasteiger partial charge on any atom is 0.407 e. The van der Waals surface area contributed by atoms with Crippen molar-refractivity contribution in [2.45, 2.75) is 95.6 Å². The van der Waals surface area contributed by atoms with Crippen molar-refractivity contribution in [2.75, 3.05) is 27.9 Å². The lowest BCUT2D eigenvalue weighted by Gasteiger charge is -2.37. The number of alkyl carbamates (subject to hydrolysis) is 2. The van der Waals surface area contributed by atoms with Gasteiger partial charge < -0.3 is 39.6 Å². The topological polar surface area (TPSA) is 168 Å². The van der Waals surface area contributed by atoms with Crippen LogP contribution in [0.5, 0.6) is 0 Å². The molecule has 4 aliphatic rings. The molecule has 3 aliphatic heterocycles. The molecule has 14 nitrogen and oxygen atoms in total. The van der Waals surface area contributed by atoms with Gasteiger partial charge in [-0.05, 0) is 90.6 Å². The van der Waals surface area contributed by atoms with Gasteiger partial charge in [-0.1, -0.05) is 56.3 Å². The number of aliphatic imine (C=N–C) groups is 1. The molecular weight excluding hydrogens is 751 g/mol. The zero-order valence-electron chi connectivity index (χ0n) is 34.5. The van der Waals surface area contributed by atoms with E-state index in [0.717, 1.165) is 87.7 Å². The minimum atomic E-state index is -0.870. The van der Waals surface area contributed by atoms with Gasteiger partial charge in [-0.15, -0.1) is 0 Å². The molecule has 59 heavy (non-hydrogen) atoms. The summed E-state index contributed by atoms with van der Waals surface area (Å²) < 4.78 is 15.0. The van der Waals surface area contributed by atoms with Gasteiger partial charge in [0.1, 0.15) is 17.9 Å². The number of imidazole rings is 1. The molecule has 4 amide bonds. The Labute approximate surface area is 343 Å². The summed E-state index contributed by atoms with van der Waals surface area (Å²) in [6.07, 6.45) is 5.28. The molecule has 14 heteroatoms. The number of ether oxygens (including phenoxy) is 3. The molecular formula is C45H53N7O7. The summed E-state index contributed by atoms with van der Waals surface area (Å²) in [4.78, 5) is 69.3. The Morgan fingerprint density at radius 2 is 1.54 bits per heavy atom. The summed E-state index contributed by atoms with van der Waals surface area (Å²) in [7, 11) is 4.09. The molecule has 0 spiro atoms. The normalized spacial score (nSPS) is 22.7. The quantitative estimate of drug-likeness (QED) is 0.150. The summed E-state index contributed by atoms with van der Waals surface area (Å²) in [6, 6.07) is 17.3. The number of carbonyl (C=O) groups is 4. The number of hydrogen-bond acceptors (Lipinski definition) is 9. The summed E-state index contributed by atoms with van der Waals surface area (Å²) in [5, 5.41) is 7.52. The first-order chi connectivity index (χ1) is 28.5. The maximum atomic E-state index is 14.1. The van der Waals surface area contributed by atoms with Crippen LogP contribution in [0.1, 0.15) is 76.7 Å². The average molecular weight is 804 g/mol. The number of rotatable bonds is 11. The summed E-state index contributed by atoms with van der Waals surface area (Å²) >= 11 is 0. The van der Waals surface area contributed by atoms with Crippen LogP contribution in [-0.4, -0.2) is 108 Å². The van der Waals surface area contributed by atoms with Gasteiger partial charge in [-0.3, -0.25) is 14.6 Å². The van der Waals surface area contributed by atoms with Gasteiger partial charge in [0.2, 0.25) is 11.8 Å².